The predicted octanol–water partition coefficient (Wildman–Crippen LogP) is 4.62. The summed E-state index contributed by atoms with van der Waals surface area (Å²) in [7, 11) is 0. The topological polar surface area (TPSA) is 52.7 Å². The maximum atomic E-state index is 13.0. The molecule has 5 rings (SSSR count). The van der Waals surface area contributed by atoms with Gasteiger partial charge in [0.2, 0.25) is 5.91 Å². The largest absolute Gasteiger partial charge is 0.371 e. The van der Waals surface area contributed by atoms with Gasteiger partial charge in [-0.15, -0.1) is 11.8 Å². The molecule has 2 heterocycles. The Kier molecular flexibility index (Phi) is 6.86. The van der Waals surface area contributed by atoms with Crippen LogP contribution in [0.1, 0.15) is 22.3 Å². The molecule has 174 valence electrons. The van der Waals surface area contributed by atoms with Crippen LogP contribution in [0.15, 0.2) is 83.8 Å². The lowest BCUT2D eigenvalue weighted by Gasteiger charge is -2.19. The first kappa shape index (κ1) is 22.5. The summed E-state index contributed by atoms with van der Waals surface area (Å²) in [6.07, 6.45) is 1.96. The van der Waals surface area contributed by atoms with E-state index in [0.717, 1.165) is 43.1 Å². The van der Waals surface area contributed by atoms with Gasteiger partial charge in [0.15, 0.2) is 0 Å². The number of hydrogen-bond acceptors (Lipinski definition) is 4. The lowest BCUT2D eigenvalue weighted by Crippen LogP contribution is -2.32. The average molecular weight is 472 g/mol. The van der Waals surface area contributed by atoms with E-state index in [1.165, 1.54) is 23.0 Å². The standard InChI is InChI=1S/C28H29N3O2S/c32-27(31-17-15-22-8-4-6-12-25(22)31)20-34-26-13-7-5-11-24(26)28(33)29-18-21-14-16-30(19-21)23-9-2-1-3-10-23/h1-13,21H,14-20H2,(H,29,33). The number of hydrogen-bond donors (Lipinski definition) is 1. The first-order valence-corrected chi connectivity index (χ1v) is 12.9. The van der Waals surface area contributed by atoms with Crippen LogP contribution >= 0.6 is 11.8 Å². The molecule has 2 aliphatic heterocycles. The SMILES string of the molecule is O=C(NCC1CCN(c2ccccc2)C1)c1ccccc1SCC(=O)N1CCc2ccccc21. The van der Waals surface area contributed by atoms with Crippen molar-refractivity contribution in [2.45, 2.75) is 17.7 Å². The van der Waals surface area contributed by atoms with E-state index >= 15 is 0 Å². The number of carbonyl (C=O) groups is 2. The van der Waals surface area contributed by atoms with Crippen LogP contribution in [0, 0.1) is 5.92 Å². The molecule has 6 heteroatoms. The monoisotopic (exact) mass is 471 g/mol. The van der Waals surface area contributed by atoms with E-state index in [4.69, 9.17) is 0 Å². The lowest BCUT2D eigenvalue weighted by atomic mass is 10.1. The minimum absolute atomic E-state index is 0.0692. The van der Waals surface area contributed by atoms with Crippen molar-refractivity contribution in [1.29, 1.82) is 0 Å². The van der Waals surface area contributed by atoms with Crippen LogP contribution in [0.25, 0.3) is 0 Å². The van der Waals surface area contributed by atoms with Crippen molar-refractivity contribution in [3.63, 3.8) is 0 Å². The fraction of sp³-hybridized carbons (Fsp3) is 0.286. The van der Waals surface area contributed by atoms with Gasteiger partial charge in [0.25, 0.3) is 5.91 Å². The quantitative estimate of drug-likeness (QED) is 0.511. The number of fused-ring (bicyclic) bond motifs is 1. The van der Waals surface area contributed by atoms with E-state index in [0.29, 0.717) is 23.8 Å². The lowest BCUT2D eigenvalue weighted by molar-refractivity contribution is -0.116. The van der Waals surface area contributed by atoms with Gasteiger partial charge in [-0.1, -0.05) is 48.5 Å². The Labute approximate surface area is 205 Å². The van der Waals surface area contributed by atoms with E-state index in [-0.39, 0.29) is 11.8 Å². The Morgan fingerprint density at radius 2 is 1.68 bits per heavy atom. The average Bonchev–Trinajstić information content (AvgIpc) is 3.54. The van der Waals surface area contributed by atoms with Crippen LogP contribution in [0.4, 0.5) is 11.4 Å². The summed E-state index contributed by atoms with van der Waals surface area (Å²) in [5.74, 6) is 0.756. The summed E-state index contributed by atoms with van der Waals surface area (Å²) in [4.78, 5) is 31.0. The second-order valence-corrected chi connectivity index (χ2v) is 9.87. The number of nitrogens with zero attached hydrogens (tertiary/aromatic N) is 2. The first-order valence-electron chi connectivity index (χ1n) is 11.9. The van der Waals surface area contributed by atoms with Crippen molar-refractivity contribution in [3.8, 4) is 0 Å². The van der Waals surface area contributed by atoms with Gasteiger partial charge in [0.05, 0.1) is 11.3 Å². The molecule has 0 aliphatic carbocycles. The molecule has 2 aliphatic rings. The number of para-hydroxylation sites is 2. The highest BCUT2D eigenvalue weighted by Gasteiger charge is 2.25. The normalized spacial score (nSPS) is 17.0. The summed E-state index contributed by atoms with van der Waals surface area (Å²) in [6.45, 7) is 3.35. The van der Waals surface area contributed by atoms with Crippen molar-refractivity contribution in [2.75, 3.05) is 41.7 Å². The second kappa shape index (κ2) is 10.3. The third kappa shape index (κ3) is 4.97. The van der Waals surface area contributed by atoms with Crippen molar-refractivity contribution in [3.05, 3.63) is 90.0 Å². The molecule has 1 atom stereocenters. The fourth-order valence-electron chi connectivity index (χ4n) is 4.80. The van der Waals surface area contributed by atoms with Gasteiger partial charge in [-0.25, -0.2) is 0 Å². The van der Waals surface area contributed by atoms with Crippen molar-refractivity contribution < 1.29 is 9.59 Å². The maximum Gasteiger partial charge on any atom is 0.252 e. The van der Waals surface area contributed by atoms with Crippen LogP contribution in [-0.2, 0) is 11.2 Å². The Morgan fingerprint density at radius 3 is 2.56 bits per heavy atom. The minimum atomic E-state index is -0.0692. The molecule has 0 aromatic heterocycles. The highest BCUT2D eigenvalue weighted by Crippen LogP contribution is 2.30. The Morgan fingerprint density at radius 1 is 0.912 bits per heavy atom. The minimum Gasteiger partial charge on any atom is -0.371 e. The van der Waals surface area contributed by atoms with E-state index in [2.05, 4.69) is 40.5 Å². The summed E-state index contributed by atoms with van der Waals surface area (Å²) >= 11 is 1.44. The molecule has 0 spiro atoms. The zero-order chi connectivity index (χ0) is 23.3. The molecule has 5 nitrogen and oxygen atoms in total. The third-order valence-corrected chi connectivity index (χ3v) is 7.69. The van der Waals surface area contributed by atoms with Gasteiger partial charge >= 0.3 is 0 Å². The van der Waals surface area contributed by atoms with Gasteiger partial charge in [-0.3, -0.25) is 9.59 Å². The maximum absolute atomic E-state index is 13.0. The van der Waals surface area contributed by atoms with Gasteiger partial charge in [0.1, 0.15) is 0 Å². The zero-order valence-electron chi connectivity index (χ0n) is 19.2. The van der Waals surface area contributed by atoms with Crippen LogP contribution in [-0.4, -0.2) is 43.7 Å². The summed E-state index contributed by atoms with van der Waals surface area (Å²) in [5.41, 5.74) is 4.11. The number of thioether (sulfide) groups is 1. The zero-order valence-corrected chi connectivity index (χ0v) is 20.0. The summed E-state index contributed by atoms with van der Waals surface area (Å²) < 4.78 is 0. The number of rotatable bonds is 7. The van der Waals surface area contributed by atoms with Gasteiger partial charge < -0.3 is 15.1 Å². The Bertz CT molecular complexity index is 1170. The molecule has 3 aromatic carbocycles. The molecule has 3 aromatic rings. The highest BCUT2D eigenvalue weighted by molar-refractivity contribution is 8.00. The number of amides is 2. The first-order chi connectivity index (χ1) is 16.7. The van der Waals surface area contributed by atoms with E-state index < -0.39 is 0 Å². The van der Waals surface area contributed by atoms with Crippen LogP contribution in [0.2, 0.25) is 0 Å². The molecule has 1 unspecified atom stereocenters. The van der Waals surface area contributed by atoms with Crippen LogP contribution in [0.3, 0.4) is 0 Å². The number of nitrogens with one attached hydrogen (secondary N) is 1. The van der Waals surface area contributed by atoms with Gasteiger partial charge in [-0.05, 0) is 54.7 Å². The van der Waals surface area contributed by atoms with Crippen molar-refractivity contribution in [2.24, 2.45) is 5.92 Å². The molecule has 0 bridgehead atoms. The molecule has 34 heavy (non-hydrogen) atoms. The molecule has 1 fully saturated rings. The summed E-state index contributed by atoms with van der Waals surface area (Å²) in [6, 6.07) is 26.1. The smallest absolute Gasteiger partial charge is 0.252 e. The van der Waals surface area contributed by atoms with E-state index in [9.17, 15) is 9.59 Å². The van der Waals surface area contributed by atoms with Gasteiger partial charge in [-0.2, -0.15) is 0 Å². The number of carbonyl (C=O) groups excluding carboxylic acids is 2. The van der Waals surface area contributed by atoms with Crippen molar-refractivity contribution in [1.82, 2.24) is 5.32 Å². The summed E-state index contributed by atoms with van der Waals surface area (Å²) in [5, 5.41) is 3.13. The molecular formula is C28H29N3O2S. The second-order valence-electron chi connectivity index (χ2n) is 8.86. The van der Waals surface area contributed by atoms with Crippen LogP contribution in [0.5, 0.6) is 0 Å². The third-order valence-electron chi connectivity index (χ3n) is 6.63. The number of benzene rings is 3. The van der Waals surface area contributed by atoms with Crippen LogP contribution < -0.4 is 15.1 Å². The molecular weight excluding hydrogens is 442 g/mol. The molecule has 0 radical (unpaired) electrons. The molecule has 1 N–H and O–H groups in total. The highest BCUT2D eigenvalue weighted by atomic mass is 32.2. The molecule has 1 saturated heterocycles. The van der Waals surface area contributed by atoms with Crippen molar-refractivity contribution >= 4 is 35.0 Å². The Balaban J connectivity index is 1.16. The fourth-order valence-corrected chi connectivity index (χ4v) is 5.73. The predicted molar refractivity (Wildman–Crippen MR) is 139 cm³/mol. The Hall–Kier alpha value is -3.25. The molecule has 2 amide bonds. The van der Waals surface area contributed by atoms with Gasteiger partial charge in [0, 0.05) is 42.4 Å². The number of anilines is 2. The van der Waals surface area contributed by atoms with E-state index in [1.54, 1.807) is 0 Å². The molecule has 0 saturated carbocycles. The van der Waals surface area contributed by atoms with E-state index in [1.807, 2.05) is 53.4 Å².